The average molecular weight is 462 g/mol. The molecule has 8 nitrogen and oxygen atoms in total. The molecule has 33 heavy (non-hydrogen) atoms. The Balaban J connectivity index is 1.46. The van der Waals surface area contributed by atoms with Crippen LogP contribution in [0.25, 0.3) is 21.3 Å². The van der Waals surface area contributed by atoms with E-state index in [2.05, 4.69) is 64.9 Å². The van der Waals surface area contributed by atoms with Gasteiger partial charge in [-0.05, 0) is 38.5 Å². The first-order chi connectivity index (χ1) is 15.9. The van der Waals surface area contributed by atoms with Crippen LogP contribution in [0.5, 0.6) is 0 Å². The van der Waals surface area contributed by atoms with Crippen LogP contribution in [-0.2, 0) is 13.6 Å². The van der Waals surface area contributed by atoms with Crippen LogP contribution in [0.15, 0.2) is 40.8 Å². The molecule has 0 unspecified atom stereocenters. The molecule has 3 aromatic heterocycles. The molecule has 1 aromatic carbocycles. The van der Waals surface area contributed by atoms with Crippen LogP contribution in [0, 0.1) is 11.3 Å². The Hall–Kier alpha value is -3.22. The molecule has 5 rings (SSSR count). The third-order valence-corrected chi connectivity index (χ3v) is 7.64. The number of hydrogen-bond acceptors (Lipinski definition) is 7. The van der Waals surface area contributed by atoms with Gasteiger partial charge in [-0.25, -0.2) is 4.98 Å². The van der Waals surface area contributed by atoms with Crippen molar-refractivity contribution in [3.63, 3.8) is 0 Å². The maximum atomic E-state index is 12.7. The summed E-state index contributed by atoms with van der Waals surface area (Å²) in [4.78, 5) is 22.0. The molecule has 9 heteroatoms. The molecule has 0 N–H and O–H groups in total. The molecule has 0 radical (unpaired) electrons. The van der Waals surface area contributed by atoms with Crippen molar-refractivity contribution in [1.82, 2.24) is 24.2 Å². The van der Waals surface area contributed by atoms with Crippen molar-refractivity contribution >= 4 is 38.3 Å². The molecule has 1 aliphatic rings. The van der Waals surface area contributed by atoms with Crippen LogP contribution in [0.1, 0.15) is 32.4 Å². The number of piperazine rings is 1. The summed E-state index contributed by atoms with van der Waals surface area (Å²) < 4.78 is 4.42. The van der Waals surface area contributed by atoms with E-state index in [0.29, 0.717) is 0 Å². The Morgan fingerprint density at radius 3 is 2.85 bits per heavy atom. The van der Waals surface area contributed by atoms with E-state index in [1.165, 1.54) is 10.3 Å². The van der Waals surface area contributed by atoms with E-state index < -0.39 is 0 Å². The van der Waals surface area contributed by atoms with Gasteiger partial charge in [0.2, 0.25) is 0 Å². The van der Waals surface area contributed by atoms with Crippen LogP contribution >= 0.6 is 11.3 Å². The van der Waals surface area contributed by atoms with Gasteiger partial charge in [-0.1, -0.05) is 6.07 Å². The van der Waals surface area contributed by atoms with Gasteiger partial charge in [0.25, 0.3) is 5.56 Å². The normalized spacial score (nSPS) is 20.4. The fourth-order valence-electron chi connectivity index (χ4n) is 4.96. The maximum Gasteiger partial charge on any atom is 0.252 e. The minimum atomic E-state index is -0.0671. The molecule has 0 spiro atoms. The summed E-state index contributed by atoms with van der Waals surface area (Å²) in [6.45, 7) is 8.53. The molecule has 0 amide bonds. The number of nitriles is 1. The second-order valence-corrected chi connectivity index (χ2v) is 9.83. The Kier molecular flexibility index (Phi) is 5.43. The number of hydrogen-bond donors (Lipinski definition) is 0. The van der Waals surface area contributed by atoms with Crippen molar-refractivity contribution in [2.45, 2.75) is 45.4 Å². The van der Waals surface area contributed by atoms with Gasteiger partial charge in [-0.15, -0.1) is 11.3 Å². The molecular formula is C24H27N7OS. The molecule has 0 aliphatic carbocycles. The lowest BCUT2D eigenvalue weighted by atomic mass is 10.00. The predicted octanol–water partition coefficient (Wildman–Crippen LogP) is 3.53. The Labute approximate surface area is 196 Å². The largest absolute Gasteiger partial charge is 0.364 e. The molecule has 4 aromatic rings. The standard InChI is InChI=1S/C24H27N7OS/c1-15-12-31(20-10-23(32)28(4)21-13-29(8-7-25)27-24(20)21)16(2)11-30(15)17(3)18-5-6-19-22(9-18)33-14-26-19/h5-6,9-10,13-17H,8,11-12H2,1-4H3/t15-,16+,17-/m1/s1. The third-order valence-electron chi connectivity index (χ3n) is 6.85. The van der Waals surface area contributed by atoms with Gasteiger partial charge in [-0.3, -0.25) is 14.4 Å². The van der Waals surface area contributed by atoms with Gasteiger partial charge in [0.05, 0.1) is 39.2 Å². The number of pyridine rings is 1. The lowest BCUT2D eigenvalue weighted by Crippen LogP contribution is -2.57. The van der Waals surface area contributed by atoms with Gasteiger partial charge in [-0.2, -0.15) is 10.4 Å². The van der Waals surface area contributed by atoms with Gasteiger partial charge in [0.1, 0.15) is 12.1 Å². The fourth-order valence-corrected chi connectivity index (χ4v) is 5.69. The summed E-state index contributed by atoms with van der Waals surface area (Å²) >= 11 is 1.68. The number of anilines is 1. The van der Waals surface area contributed by atoms with E-state index in [1.807, 2.05) is 5.51 Å². The van der Waals surface area contributed by atoms with Crippen molar-refractivity contribution in [1.29, 1.82) is 5.26 Å². The summed E-state index contributed by atoms with van der Waals surface area (Å²) in [5, 5.41) is 13.7. The van der Waals surface area contributed by atoms with Gasteiger partial charge < -0.3 is 9.47 Å². The number of benzene rings is 1. The predicted molar refractivity (Wildman–Crippen MR) is 132 cm³/mol. The van der Waals surface area contributed by atoms with Crippen molar-refractivity contribution in [3.8, 4) is 6.07 Å². The van der Waals surface area contributed by atoms with E-state index in [-0.39, 0.29) is 30.2 Å². The number of aryl methyl sites for hydroxylation is 1. The summed E-state index contributed by atoms with van der Waals surface area (Å²) in [6, 6.07) is 11.1. The van der Waals surface area contributed by atoms with Gasteiger partial charge in [0.15, 0.2) is 0 Å². The monoisotopic (exact) mass is 461 g/mol. The molecule has 1 aliphatic heterocycles. The molecule has 0 bridgehead atoms. The van der Waals surface area contributed by atoms with Crippen LogP contribution in [0.4, 0.5) is 5.69 Å². The number of aromatic nitrogens is 4. The second kappa shape index (κ2) is 8.28. The first-order valence-electron chi connectivity index (χ1n) is 11.2. The van der Waals surface area contributed by atoms with Crippen molar-refractivity contribution in [2.24, 2.45) is 7.05 Å². The Bertz CT molecular complexity index is 1430. The third kappa shape index (κ3) is 3.69. The highest BCUT2D eigenvalue weighted by molar-refractivity contribution is 7.16. The van der Waals surface area contributed by atoms with Gasteiger partial charge >= 0.3 is 0 Å². The SMILES string of the molecule is C[C@@H]1CN(c2cc(=O)n(C)c3cn(CC#N)nc23)[C@@H](C)CN1[C@H](C)c1ccc2ncsc2c1. The molecule has 0 saturated carbocycles. The molecule has 1 fully saturated rings. The van der Waals surface area contributed by atoms with E-state index in [9.17, 15) is 4.79 Å². The number of rotatable bonds is 4. The van der Waals surface area contributed by atoms with E-state index in [4.69, 9.17) is 5.26 Å². The highest BCUT2D eigenvalue weighted by atomic mass is 32.1. The number of fused-ring (bicyclic) bond motifs is 2. The fraction of sp³-hybridized carbons (Fsp3) is 0.417. The Morgan fingerprint density at radius 2 is 2.06 bits per heavy atom. The van der Waals surface area contributed by atoms with Crippen LogP contribution in [0.3, 0.4) is 0 Å². The minimum Gasteiger partial charge on any atom is -0.364 e. The lowest BCUT2D eigenvalue weighted by Gasteiger charge is -2.47. The van der Waals surface area contributed by atoms with E-state index >= 15 is 0 Å². The van der Waals surface area contributed by atoms with E-state index in [1.54, 1.807) is 39.9 Å². The molecule has 3 atom stereocenters. The quantitative estimate of drug-likeness (QED) is 0.462. The van der Waals surface area contributed by atoms with Crippen molar-refractivity contribution in [3.05, 3.63) is 51.9 Å². The zero-order valence-electron chi connectivity index (χ0n) is 19.3. The highest BCUT2D eigenvalue weighted by Crippen LogP contribution is 2.33. The molecular weight excluding hydrogens is 434 g/mol. The van der Waals surface area contributed by atoms with Crippen molar-refractivity contribution < 1.29 is 0 Å². The minimum absolute atomic E-state index is 0.0671. The first-order valence-corrected chi connectivity index (χ1v) is 12.0. The van der Waals surface area contributed by atoms with Crippen LogP contribution in [0.2, 0.25) is 0 Å². The van der Waals surface area contributed by atoms with Crippen molar-refractivity contribution in [2.75, 3.05) is 18.0 Å². The highest BCUT2D eigenvalue weighted by Gasteiger charge is 2.34. The van der Waals surface area contributed by atoms with E-state index in [0.717, 1.165) is 35.3 Å². The smallest absolute Gasteiger partial charge is 0.252 e. The summed E-state index contributed by atoms with van der Waals surface area (Å²) in [6.07, 6.45) is 1.78. The molecule has 4 heterocycles. The topological polar surface area (TPSA) is 83.0 Å². The Morgan fingerprint density at radius 1 is 1.24 bits per heavy atom. The number of nitrogens with zero attached hydrogens (tertiary/aromatic N) is 7. The molecule has 170 valence electrons. The second-order valence-electron chi connectivity index (χ2n) is 8.95. The summed E-state index contributed by atoms with van der Waals surface area (Å²) in [7, 11) is 1.75. The zero-order valence-corrected chi connectivity index (χ0v) is 20.1. The summed E-state index contributed by atoms with van der Waals surface area (Å²) in [5.41, 5.74) is 6.54. The van der Waals surface area contributed by atoms with Gasteiger partial charge in [0, 0.05) is 44.3 Å². The average Bonchev–Trinajstić information content (AvgIpc) is 3.44. The summed E-state index contributed by atoms with van der Waals surface area (Å²) in [5.74, 6) is 0. The lowest BCUT2D eigenvalue weighted by molar-refractivity contribution is 0.119. The van der Waals surface area contributed by atoms with Crippen LogP contribution < -0.4 is 10.5 Å². The zero-order chi connectivity index (χ0) is 23.3. The molecule has 1 saturated heterocycles. The maximum absolute atomic E-state index is 12.7. The number of thiazole rings is 1. The first kappa shape index (κ1) is 21.6. The van der Waals surface area contributed by atoms with Crippen LogP contribution in [-0.4, -0.2) is 49.4 Å².